The van der Waals surface area contributed by atoms with Crippen LogP contribution in [0, 0.1) is 13.8 Å². The predicted molar refractivity (Wildman–Crippen MR) is 240 cm³/mol. The molecule has 6 heterocycles. The Kier molecular flexibility index (Phi) is 14.0. The van der Waals surface area contributed by atoms with Crippen molar-refractivity contribution < 1.29 is 15.2 Å². The average Bonchev–Trinajstić information content (AvgIpc) is 3.88. The number of pyridine rings is 4. The van der Waals surface area contributed by atoms with Crippen molar-refractivity contribution in [2.24, 2.45) is 11.1 Å². The van der Waals surface area contributed by atoms with Crippen LogP contribution in [0.5, 0.6) is 0 Å². The van der Waals surface area contributed by atoms with E-state index in [1.807, 2.05) is 137 Å². The Morgan fingerprint density at radius 3 is 1.43 bits per heavy atom. The average molecular weight is 827 g/mol. The number of nitrogens with two attached hydrogens (primary N) is 1. The number of fused-ring (bicyclic) bond motifs is 2. The maximum absolute atomic E-state index is 11.8. The summed E-state index contributed by atoms with van der Waals surface area (Å²) in [7, 11) is 8.01. The molecular weight excluding hydrogens is 780 g/mol. The van der Waals surface area contributed by atoms with E-state index in [1.165, 1.54) is 6.92 Å². The predicted octanol–water partition coefficient (Wildman–Crippen LogP) is 7.87. The molecule has 308 valence electrons. The van der Waals surface area contributed by atoms with E-state index in [9.17, 15) is 4.79 Å². The molecule has 0 spiro atoms. The van der Waals surface area contributed by atoms with Crippen molar-refractivity contribution in [3.05, 3.63) is 132 Å². The van der Waals surface area contributed by atoms with E-state index < -0.39 is 0 Å². The molecule has 0 aliphatic rings. The molecule has 0 aliphatic carbocycles. The highest BCUT2D eigenvalue weighted by Gasteiger charge is 2.17. The van der Waals surface area contributed by atoms with E-state index in [0.717, 1.165) is 78.7 Å². The summed E-state index contributed by atoms with van der Waals surface area (Å²) in [6, 6.07) is 31.2. The summed E-state index contributed by atoms with van der Waals surface area (Å²) in [5, 5.41) is 30.1. The van der Waals surface area contributed by atoms with Gasteiger partial charge in [0.1, 0.15) is 11.4 Å². The van der Waals surface area contributed by atoms with Crippen molar-refractivity contribution >= 4 is 57.1 Å². The number of hydrogen-bond donors (Lipinski definition) is 3. The minimum atomic E-state index is -0.0511. The van der Waals surface area contributed by atoms with E-state index in [1.54, 1.807) is 13.0 Å². The van der Waals surface area contributed by atoms with Crippen molar-refractivity contribution in [3.8, 4) is 34.2 Å². The van der Waals surface area contributed by atoms with Gasteiger partial charge >= 0.3 is 0 Å². The van der Waals surface area contributed by atoms with Gasteiger partial charge in [0, 0.05) is 79.8 Å². The van der Waals surface area contributed by atoms with Crippen LogP contribution in [0.25, 0.3) is 56.0 Å². The Balaban J connectivity index is 0.000000215. The SMILES string of the molecule is C/C(=N/O)c1cccc(-c2cc(N(C)C)c3cnn(-c4cccc(C)n4)c3c2)n1.CC(=O)c1cccc(-c2cc(N(C)C)c3cnn(-c4cccc(C)n4)c3c2)n1.Cl.NO. The molecule has 2 aromatic carbocycles. The molecule has 8 rings (SSSR count). The minimum Gasteiger partial charge on any atom is -0.411 e. The normalized spacial score (nSPS) is 10.9. The largest absolute Gasteiger partial charge is 0.411 e. The van der Waals surface area contributed by atoms with E-state index >= 15 is 0 Å². The number of carbonyl (C=O) groups is 1. The summed E-state index contributed by atoms with van der Waals surface area (Å²) in [6.45, 7) is 7.17. The minimum absolute atomic E-state index is 0. The highest BCUT2D eigenvalue weighted by Crippen LogP contribution is 2.34. The first-order valence-electron chi connectivity index (χ1n) is 18.6. The first-order chi connectivity index (χ1) is 28.4. The number of ketones is 1. The summed E-state index contributed by atoms with van der Waals surface area (Å²) >= 11 is 0. The molecule has 8 aromatic rings. The molecular formula is C44H47ClN12O3. The lowest BCUT2D eigenvalue weighted by molar-refractivity contribution is 0.101. The summed E-state index contributed by atoms with van der Waals surface area (Å²) < 4.78 is 3.69. The standard InChI is InChI=1S/C22H22N6O.C22H21N5O.ClH.H3NO/c1-14-7-5-10-22(24-14)28-21-12-16(11-20(27(3)4)17(21)13-23-28)19-9-6-8-18(25-19)15(2)26-29;1-14-7-5-10-22(24-14)27-21-12-16(11-20(26(3)4)17(21)13-23-27)19-9-6-8-18(25-19)15(2)28;;1-2/h5-13,29H,1-4H3;5-13H,1-4H3;1H;2H,1H2/b26-15-;;;. The van der Waals surface area contributed by atoms with Crippen LogP contribution in [-0.4, -0.2) is 89.6 Å². The van der Waals surface area contributed by atoms with Crippen LogP contribution in [0.3, 0.4) is 0 Å². The molecule has 0 saturated carbocycles. The number of aryl methyl sites for hydroxylation is 2. The number of hydrogen-bond acceptors (Lipinski definition) is 13. The molecule has 16 heteroatoms. The number of anilines is 2. The van der Waals surface area contributed by atoms with Crippen molar-refractivity contribution in [1.29, 1.82) is 0 Å². The molecule has 0 aliphatic heterocycles. The third-order valence-electron chi connectivity index (χ3n) is 9.45. The number of Topliss-reactive ketones (excluding diaryl/α,β-unsaturated/α-hetero) is 1. The van der Waals surface area contributed by atoms with Crippen LogP contribution in [0.1, 0.15) is 41.4 Å². The first-order valence-corrected chi connectivity index (χ1v) is 18.6. The fourth-order valence-corrected chi connectivity index (χ4v) is 6.55. The number of oxime groups is 1. The summed E-state index contributed by atoms with van der Waals surface area (Å²) in [5.74, 6) is 4.99. The summed E-state index contributed by atoms with van der Waals surface area (Å²) in [6.07, 6.45) is 3.72. The number of halogens is 1. The van der Waals surface area contributed by atoms with E-state index in [0.29, 0.717) is 17.1 Å². The second-order valence-corrected chi connectivity index (χ2v) is 14.1. The molecule has 0 amide bonds. The molecule has 6 aromatic heterocycles. The molecule has 0 saturated heterocycles. The Bertz CT molecular complexity index is 2810. The maximum Gasteiger partial charge on any atom is 0.178 e. The van der Waals surface area contributed by atoms with Gasteiger partial charge in [-0.15, -0.1) is 12.4 Å². The molecule has 4 N–H and O–H groups in total. The first kappa shape index (κ1) is 44.0. The summed E-state index contributed by atoms with van der Waals surface area (Å²) in [5.41, 5.74) is 10.8. The summed E-state index contributed by atoms with van der Waals surface area (Å²) in [4.78, 5) is 34.3. The fraction of sp³-hybridized carbons (Fsp3) is 0.182. The van der Waals surface area contributed by atoms with Gasteiger partial charge in [-0.05, 0) is 93.6 Å². The van der Waals surface area contributed by atoms with Gasteiger partial charge in [0.2, 0.25) is 0 Å². The number of benzene rings is 2. The van der Waals surface area contributed by atoms with Crippen molar-refractivity contribution in [2.45, 2.75) is 27.7 Å². The highest BCUT2D eigenvalue weighted by molar-refractivity contribution is 5.99. The van der Waals surface area contributed by atoms with E-state index in [-0.39, 0.29) is 18.2 Å². The van der Waals surface area contributed by atoms with Crippen molar-refractivity contribution in [1.82, 2.24) is 39.5 Å². The van der Waals surface area contributed by atoms with Gasteiger partial charge in [-0.1, -0.05) is 29.4 Å². The van der Waals surface area contributed by atoms with Crippen LogP contribution in [-0.2, 0) is 0 Å². The Labute approximate surface area is 353 Å². The smallest absolute Gasteiger partial charge is 0.178 e. The third kappa shape index (κ3) is 9.29. The van der Waals surface area contributed by atoms with Crippen LogP contribution in [0.2, 0.25) is 0 Å². The molecule has 15 nitrogen and oxygen atoms in total. The van der Waals surface area contributed by atoms with Crippen LogP contribution in [0.15, 0.2) is 115 Å². The van der Waals surface area contributed by atoms with Gasteiger partial charge in [-0.3, -0.25) is 4.79 Å². The quantitative estimate of drug-likeness (QED) is 0.0583. The number of nitrogens with zero attached hydrogens (tertiary/aromatic N) is 11. The molecule has 0 fully saturated rings. The van der Waals surface area contributed by atoms with Crippen LogP contribution < -0.4 is 15.7 Å². The van der Waals surface area contributed by atoms with Crippen LogP contribution in [0.4, 0.5) is 11.4 Å². The highest BCUT2D eigenvalue weighted by atomic mass is 35.5. The van der Waals surface area contributed by atoms with Crippen LogP contribution >= 0.6 is 12.4 Å². The van der Waals surface area contributed by atoms with Crippen molar-refractivity contribution in [3.63, 3.8) is 0 Å². The van der Waals surface area contributed by atoms with Gasteiger partial charge in [-0.2, -0.15) is 10.2 Å². The molecule has 0 bridgehead atoms. The second-order valence-electron chi connectivity index (χ2n) is 14.1. The number of rotatable bonds is 8. The van der Waals surface area contributed by atoms with Gasteiger partial charge in [-0.25, -0.2) is 35.2 Å². The Morgan fingerprint density at radius 2 is 1.03 bits per heavy atom. The second kappa shape index (κ2) is 19.1. The lowest BCUT2D eigenvalue weighted by Gasteiger charge is -2.16. The lowest BCUT2D eigenvalue weighted by atomic mass is 10.1. The van der Waals surface area contributed by atoms with Gasteiger partial charge in [0.25, 0.3) is 0 Å². The van der Waals surface area contributed by atoms with Gasteiger partial charge in [0.15, 0.2) is 17.4 Å². The third-order valence-corrected chi connectivity index (χ3v) is 9.45. The monoisotopic (exact) mass is 826 g/mol. The Morgan fingerprint density at radius 1 is 0.617 bits per heavy atom. The maximum atomic E-state index is 11.8. The topological polar surface area (TPSA) is 190 Å². The molecule has 60 heavy (non-hydrogen) atoms. The van der Waals surface area contributed by atoms with Gasteiger partial charge < -0.3 is 20.2 Å². The fourth-order valence-electron chi connectivity index (χ4n) is 6.55. The van der Waals surface area contributed by atoms with E-state index in [4.69, 9.17) is 10.4 Å². The zero-order chi connectivity index (χ0) is 42.4. The number of carbonyl (C=O) groups excluding carboxylic acids is 1. The Hall–Kier alpha value is -7.07. The molecule has 0 atom stereocenters. The number of aromatic nitrogens is 8. The zero-order valence-electron chi connectivity index (χ0n) is 34.6. The molecule has 0 unspecified atom stereocenters. The zero-order valence-corrected chi connectivity index (χ0v) is 35.4. The van der Waals surface area contributed by atoms with Crippen molar-refractivity contribution in [2.75, 3.05) is 38.0 Å². The lowest BCUT2D eigenvalue weighted by Crippen LogP contribution is -2.09. The van der Waals surface area contributed by atoms with E-state index in [2.05, 4.69) is 69.2 Å². The molecule has 0 radical (unpaired) electrons. The van der Waals surface area contributed by atoms with Gasteiger partial charge in [0.05, 0.1) is 40.5 Å².